The van der Waals surface area contributed by atoms with Crippen molar-refractivity contribution in [2.24, 2.45) is 0 Å². The number of rotatable bonds is 5. The molecule has 0 unspecified atom stereocenters. The van der Waals surface area contributed by atoms with Gasteiger partial charge in [0.15, 0.2) is 0 Å². The predicted octanol–water partition coefficient (Wildman–Crippen LogP) is 5.64. The number of anilines is 2. The Labute approximate surface area is 143 Å². The van der Waals surface area contributed by atoms with E-state index in [4.69, 9.17) is 0 Å². The van der Waals surface area contributed by atoms with Gasteiger partial charge >= 0.3 is 0 Å². The summed E-state index contributed by atoms with van der Waals surface area (Å²) < 4.78 is 2.61. The minimum Gasteiger partial charge on any atom is -0.396 e. The van der Waals surface area contributed by atoms with Crippen molar-refractivity contribution in [2.45, 2.75) is 6.42 Å². The van der Waals surface area contributed by atoms with Crippen LogP contribution in [0, 0.1) is 0 Å². The molecule has 0 amide bonds. The second-order valence-corrected chi connectivity index (χ2v) is 7.29. The van der Waals surface area contributed by atoms with E-state index < -0.39 is 0 Å². The highest BCUT2D eigenvalue weighted by Gasteiger charge is 2.16. The predicted molar refractivity (Wildman–Crippen MR) is 102 cm³/mol. The molecule has 2 aromatic carbocycles. The van der Waals surface area contributed by atoms with Gasteiger partial charge in [-0.15, -0.1) is 22.7 Å². The van der Waals surface area contributed by atoms with E-state index >= 15 is 0 Å². The monoisotopic (exact) mass is 339 g/mol. The zero-order chi connectivity index (χ0) is 15.6. The Morgan fingerprint density at radius 1 is 0.783 bits per heavy atom. The molecular formula is C19H17NOS2. The maximum atomic E-state index is 9.33. The molecule has 2 nitrogen and oxygen atoms in total. The van der Waals surface area contributed by atoms with Gasteiger partial charge in [0.05, 0.1) is 20.8 Å². The lowest BCUT2D eigenvalue weighted by Crippen LogP contribution is -2.19. The van der Waals surface area contributed by atoms with Gasteiger partial charge in [-0.25, -0.2) is 0 Å². The molecule has 0 bridgehead atoms. The quantitative estimate of drug-likeness (QED) is 0.509. The summed E-state index contributed by atoms with van der Waals surface area (Å²) in [4.78, 5) is 2.36. The van der Waals surface area contributed by atoms with Gasteiger partial charge in [0.1, 0.15) is 0 Å². The first-order chi connectivity index (χ1) is 11.4. The largest absolute Gasteiger partial charge is 0.396 e. The number of aliphatic hydroxyl groups excluding tert-OH is 1. The molecule has 0 spiro atoms. The fraction of sp³-hybridized carbons (Fsp3) is 0.158. The molecule has 0 aliphatic heterocycles. The molecule has 2 heterocycles. The molecule has 4 rings (SSSR count). The van der Waals surface area contributed by atoms with Gasteiger partial charge in [-0.05, 0) is 52.2 Å². The van der Waals surface area contributed by atoms with Crippen LogP contribution in [0.25, 0.3) is 20.2 Å². The first-order valence-electron chi connectivity index (χ1n) is 7.69. The van der Waals surface area contributed by atoms with Gasteiger partial charge in [0.2, 0.25) is 0 Å². The van der Waals surface area contributed by atoms with Crippen LogP contribution in [0.2, 0.25) is 0 Å². The van der Waals surface area contributed by atoms with E-state index in [2.05, 4.69) is 64.2 Å². The minimum atomic E-state index is 0.206. The maximum absolute atomic E-state index is 9.33. The Morgan fingerprint density at radius 2 is 1.35 bits per heavy atom. The lowest BCUT2D eigenvalue weighted by molar-refractivity contribution is 0.291. The average molecular weight is 339 g/mol. The Balaban J connectivity index is 1.91. The second-order valence-electron chi connectivity index (χ2n) is 5.46. The fourth-order valence-electron chi connectivity index (χ4n) is 2.98. The third-order valence-electron chi connectivity index (χ3n) is 4.04. The number of hydrogen-bond donors (Lipinski definition) is 1. The molecule has 0 saturated carbocycles. The summed E-state index contributed by atoms with van der Waals surface area (Å²) in [6.45, 7) is 1.02. The molecule has 0 aliphatic rings. The molecule has 0 atom stereocenters. The summed E-state index contributed by atoms with van der Waals surface area (Å²) in [6.07, 6.45) is 0.753. The number of fused-ring (bicyclic) bond motifs is 2. The second kappa shape index (κ2) is 6.32. The molecule has 0 radical (unpaired) electrons. The van der Waals surface area contributed by atoms with Crippen LogP contribution in [-0.2, 0) is 0 Å². The molecule has 4 heteroatoms. The number of hydrogen-bond acceptors (Lipinski definition) is 4. The lowest BCUT2D eigenvalue weighted by Gasteiger charge is -2.26. The van der Waals surface area contributed by atoms with E-state index in [1.54, 1.807) is 22.7 Å². The molecule has 23 heavy (non-hydrogen) atoms. The van der Waals surface area contributed by atoms with Crippen LogP contribution < -0.4 is 4.90 Å². The Kier molecular flexibility index (Phi) is 4.04. The van der Waals surface area contributed by atoms with Crippen LogP contribution in [0.1, 0.15) is 6.42 Å². The van der Waals surface area contributed by atoms with E-state index in [1.165, 1.54) is 31.5 Å². The number of thiophene rings is 2. The fourth-order valence-corrected chi connectivity index (χ4v) is 4.82. The van der Waals surface area contributed by atoms with Gasteiger partial charge < -0.3 is 10.0 Å². The Bertz CT molecular complexity index is 867. The maximum Gasteiger partial charge on any atom is 0.0592 e. The van der Waals surface area contributed by atoms with Crippen molar-refractivity contribution in [1.29, 1.82) is 0 Å². The number of nitrogens with zero attached hydrogens (tertiary/aromatic N) is 1. The Morgan fingerprint density at radius 3 is 1.87 bits per heavy atom. The molecule has 0 saturated heterocycles. The number of aliphatic hydroxyl groups is 1. The van der Waals surface area contributed by atoms with Crippen molar-refractivity contribution >= 4 is 54.2 Å². The standard InChI is InChI=1S/C19H17NOS2/c21-11-3-10-20(16-6-1-4-14-8-12-22-18(14)16)17-7-2-5-15-9-13-23-19(15)17/h1-2,4-9,12-13,21H,3,10-11H2. The molecule has 1 N–H and O–H groups in total. The van der Waals surface area contributed by atoms with Crippen molar-refractivity contribution in [2.75, 3.05) is 18.1 Å². The zero-order valence-electron chi connectivity index (χ0n) is 12.6. The van der Waals surface area contributed by atoms with Crippen LogP contribution in [-0.4, -0.2) is 18.3 Å². The molecular weight excluding hydrogens is 322 g/mol. The van der Waals surface area contributed by atoms with Crippen LogP contribution in [0.5, 0.6) is 0 Å². The van der Waals surface area contributed by atoms with Crippen molar-refractivity contribution in [1.82, 2.24) is 0 Å². The normalized spacial score (nSPS) is 11.3. The van der Waals surface area contributed by atoms with Gasteiger partial charge in [-0.2, -0.15) is 0 Å². The summed E-state index contributed by atoms with van der Waals surface area (Å²) in [7, 11) is 0. The highest BCUT2D eigenvalue weighted by Crippen LogP contribution is 2.39. The van der Waals surface area contributed by atoms with Crippen molar-refractivity contribution < 1.29 is 5.11 Å². The third-order valence-corrected chi connectivity index (χ3v) is 5.94. The third kappa shape index (κ3) is 2.63. The molecule has 2 aromatic heterocycles. The zero-order valence-corrected chi connectivity index (χ0v) is 14.2. The summed E-state index contributed by atoms with van der Waals surface area (Å²) in [5, 5.41) is 16.2. The first-order valence-corrected chi connectivity index (χ1v) is 9.45. The van der Waals surface area contributed by atoms with Crippen LogP contribution in [0.4, 0.5) is 11.4 Å². The molecule has 116 valence electrons. The smallest absolute Gasteiger partial charge is 0.0592 e. The van der Waals surface area contributed by atoms with Crippen LogP contribution >= 0.6 is 22.7 Å². The summed E-state index contributed by atoms with van der Waals surface area (Å²) >= 11 is 3.55. The molecule has 0 aliphatic carbocycles. The van der Waals surface area contributed by atoms with Crippen molar-refractivity contribution in [3.05, 3.63) is 59.3 Å². The first kappa shape index (κ1) is 14.7. The van der Waals surface area contributed by atoms with E-state index in [9.17, 15) is 5.11 Å². The summed E-state index contributed by atoms with van der Waals surface area (Å²) in [6, 6.07) is 17.2. The van der Waals surface area contributed by atoms with Crippen molar-refractivity contribution in [3.8, 4) is 0 Å². The summed E-state index contributed by atoms with van der Waals surface area (Å²) in [5.41, 5.74) is 2.46. The van der Waals surface area contributed by atoms with Gasteiger partial charge in [-0.3, -0.25) is 0 Å². The van der Waals surface area contributed by atoms with E-state index in [1.807, 2.05) is 0 Å². The van der Waals surface area contributed by atoms with E-state index in [-0.39, 0.29) is 6.61 Å². The Hall–Kier alpha value is -1.88. The van der Waals surface area contributed by atoms with Gasteiger partial charge in [0.25, 0.3) is 0 Å². The SMILES string of the molecule is OCCCN(c1cccc2ccsc12)c1cccc2ccsc12. The highest BCUT2D eigenvalue weighted by molar-refractivity contribution is 7.18. The topological polar surface area (TPSA) is 23.5 Å². The van der Waals surface area contributed by atoms with Gasteiger partial charge in [0, 0.05) is 13.2 Å². The summed E-state index contributed by atoms with van der Waals surface area (Å²) in [5.74, 6) is 0. The highest BCUT2D eigenvalue weighted by atomic mass is 32.1. The van der Waals surface area contributed by atoms with Gasteiger partial charge in [-0.1, -0.05) is 24.3 Å². The minimum absolute atomic E-state index is 0.206. The molecule has 0 fully saturated rings. The lowest BCUT2D eigenvalue weighted by atomic mass is 10.1. The van der Waals surface area contributed by atoms with E-state index in [0.717, 1.165) is 13.0 Å². The molecule has 4 aromatic rings. The van der Waals surface area contributed by atoms with Crippen molar-refractivity contribution in [3.63, 3.8) is 0 Å². The van der Waals surface area contributed by atoms with Crippen LogP contribution in [0.3, 0.4) is 0 Å². The average Bonchev–Trinajstić information content (AvgIpc) is 3.24. The van der Waals surface area contributed by atoms with E-state index in [0.29, 0.717) is 0 Å². The van der Waals surface area contributed by atoms with Crippen LogP contribution in [0.15, 0.2) is 59.3 Å². The number of benzene rings is 2.